The van der Waals surface area contributed by atoms with Gasteiger partial charge in [0.25, 0.3) is 5.56 Å². The quantitative estimate of drug-likeness (QED) is 0.130. The van der Waals surface area contributed by atoms with E-state index in [9.17, 15) is 9.18 Å². The third-order valence-corrected chi connectivity index (χ3v) is 8.11. The molecule has 0 aliphatic heterocycles. The van der Waals surface area contributed by atoms with Crippen LogP contribution in [0.3, 0.4) is 0 Å². The Morgan fingerprint density at radius 3 is 2.40 bits per heavy atom. The van der Waals surface area contributed by atoms with E-state index in [-0.39, 0.29) is 11.2 Å². The monoisotopic (exact) mass is 539 g/mol. The zero-order chi connectivity index (χ0) is 24.7. The van der Waals surface area contributed by atoms with Crippen LogP contribution >= 0.6 is 46.9 Å². The zero-order valence-electron chi connectivity index (χ0n) is 18.8. The Bertz CT molecular complexity index is 1670. The van der Waals surface area contributed by atoms with E-state index < -0.39 is 5.82 Å². The average Bonchev–Trinajstić information content (AvgIpc) is 3.17. The zero-order valence-corrected chi connectivity index (χ0v) is 22.0. The van der Waals surface area contributed by atoms with Crippen LogP contribution in [0.15, 0.2) is 76.7 Å². The van der Waals surface area contributed by atoms with Crippen molar-refractivity contribution in [1.82, 2.24) is 14.1 Å². The van der Waals surface area contributed by atoms with Gasteiger partial charge in [-0.05, 0) is 73.6 Å². The minimum absolute atomic E-state index is 0.236. The summed E-state index contributed by atoms with van der Waals surface area (Å²) in [5.41, 5.74) is 4.12. The molecule has 9 heteroatoms. The Labute approximate surface area is 219 Å². The molecule has 3 aromatic carbocycles. The standard InChI is InChI=1S/C26H19ClFN3OS3/c1-15-3-10-19(11-4-15)30-24(32)22-23(29-25(30)34-14-17-6-8-18(27)9-7-17)31(26(33)35-22)21-13-16(2)5-12-20(21)28/h3-13H,14H2,1-2H3. The Morgan fingerprint density at radius 1 is 1.00 bits per heavy atom. The number of fused-ring (bicyclic) bond motifs is 1. The van der Waals surface area contributed by atoms with Gasteiger partial charge in [-0.25, -0.2) is 9.37 Å². The van der Waals surface area contributed by atoms with Crippen LogP contribution in [0.4, 0.5) is 4.39 Å². The second kappa shape index (κ2) is 9.70. The number of benzene rings is 3. The lowest BCUT2D eigenvalue weighted by atomic mass is 10.2. The van der Waals surface area contributed by atoms with Gasteiger partial charge in [0.15, 0.2) is 14.8 Å². The van der Waals surface area contributed by atoms with Crippen LogP contribution in [0.2, 0.25) is 5.02 Å². The second-order valence-electron chi connectivity index (χ2n) is 8.10. The van der Waals surface area contributed by atoms with E-state index in [1.54, 1.807) is 21.3 Å². The van der Waals surface area contributed by atoms with Gasteiger partial charge >= 0.3 is 0 Å². The molecule has 176 valence electrons. The van der Waals surface area contributed by atoms with Gasteiger partial charge in [0.2, 0.25) is 0 Å². The number of thioether (sulfide) groups is 1. The Hall–Kier alpha value is -2.78. The van der Waals surface area contributed by atoms with Gasteiger partial charge in [0, 0.05) is 10.8 Å². The highest BCUT2D eigenvalue weighted by Gasteiger charge is 2.20. The topological polar surface area (TPSA) is 39.8 Å². The third kappa shape index (κ3) is 4.71. The first-order valence-corrected chi connectivity index (χ1v) is 13.3. The fourth-order valence-corrected chi connectivity index (χ4v) is 6.06. The van der Waals surface area contributed by atoms with Crippen molar-refractivity contribution in [1.29, 1.82) is 0 Å². The molecule has 0 atom stereocenters. The predicted molar refractivity (Wildman–Crippen MR) is 146 cm³/mol. The molecule has 0 saturated heterocycles. The first kappa shape index (κ1) is 23.9. The average molecular weight is 540 g/mol. The van der Waals surface area contributed by atoms with Crippen LogP contribution in [0.5, 0.6) is 0 Å². The maximum Gasteiger partial charge on any atom is 0.278 e. The smallest absolute Gasteiger partial charge is 0.272 e. The second-order valence-corrected chi connectivity index (χ2v) is 11.1. The van der Waals surface area contributed by atoms with E-state index in [4.69, 9.17) is 28.8 Å². The Kier molecular flexibility index (Phi) is 6.63. The SMILES string of the molecule is Cc1ccc(-n2c(SCc3ccc(Cl)cc3)nc3c(sc(=S)n3-c3cc(C)ccc3F)c2=O)cc1. The number of aromatic nitrogens is 3. The van der Waals surface area contributed by atoms with Crippen molar-refractivity contribution >= 4 is 57.3 Å². The van der Waals surface area contributed by atoms with E-state index in [2.05, 4.69) is 0 Å². The van der Waals surface area contributed by atoms with E-state index in [0.717, 1.165) is 28.0 Å². The molecule has 0 saturated carbocycles. The van der Waals surface area contributed by atoms with E-state index in [0.29, 0.717) is 35.9 Å². The summed E-state index contributed by atoms with van der Waals surface area (Å²) in [6, 6.07) is 20.1. The minimum Gasteiger partial charge on any atom is -0.272 e. The van der Waals surface area contributed by atoms with Gasteiger partial charge in [0.05, 0.1) is 11.4 Å². The number of thiazole rings is 1. The van der Waals surface area contributed by atoms with E-state index in [1.807, 2.05) is 62.4 Å². The molecular formula is C26H19ClFN3OS3. The first-order valence-electron chi connectivity index (χ1n) is 10.7. The molecule has 0 bridgehead atoms. The minimum atomic E-state index is -0.425. The molecule has 0 aliphatic carbocycles. The number of halogens is 2. The number of nitrogens with zero attached hydrogens (tertiary/aromatic N) is 3. The highest BCUT2D eigenvalue weighted by atomic mass is 35.5. The number of aryl methyl sites for hydroxylation is 2. The van der Waals surface area contributed by atoms with Crippen molar-refractivity contribution in [2.24, 2.45) is 0 Å². The summed E-state index contributed by atoms with van der Waals surface area (Å²) in [6.45, 7) is 3.87. The summed E-state index contributed by atoms with van der Waals surface area (Å²) in [7, 11) is 0. The lowest BCUT2D eigenvalue weighted by Crippen LogP contribution is -2.21. The Balaban J connectivity index is 1.74. The fraction of sp³-hybridized carbons (Fsp3) is 0.115. The molecule has 0 radical (unpaired) electrons. The van der Waals surface area contributed by atoms with Crippen molar-refractivity contribution in [3.63, 3.8) is 0 Å². The number of hydrogen-bond acceptors (Lipinski definition) is 5. The van der Waals surface area contributed by atoms with Gasteiger partial charge in [-0.3, -0.25) is 13.9 Å². The Morgan fingerprint density at radius 2 is 1.69 bits per heavy atom. The third-order valence-electron chi connectivity index (χ3n) is 5.49. The van der Waals surface area contributed by atoms with Gasteiger partial charge in [-0.2, -0.15) is 0 Å². The van der Waals surface area contributed by atoms with E-state index in [1.165, 1.54) is 17.8 Å². The van der Waals surface area contributed by atoms with E-state index >= 15 is 0 Å². The summed E-state index contributed by atoms with van der Waals surface area (Å²) in [5, 5.41) is 1.16. The van der Waals surface area contributed by atoms with Gasteiger partial charge in [-0.1, -0.05) is 70.6 Å². The van der Waals surface area contributed by atoms with Crippen LogP contribution in [0, 0.1) is 23.6 Å². The van der Waals surface area contributed by atoms with Crippen LogP contribution < -0.4 is 5.56 Å². The summed E-state index contributed by atoms with van der Waals surface area (Å²) in [5.74, 6) is 0.149. The molecular weight excluding hydrogens is 521 g/mol. The van der Waals surface area contributed by atoms with Crippen molar-refractivity contribution in [3.8, 4) is 11.4 Å². The summed E-state index contributed by atoms with van der Waals surface area (Å²) in [4.78, 5) is 18.7. The molecule has 4 nitrogen and oxygen atoms in total. The first-order chi connectivity index (χ1) is 16.8. The van der Waals surface area contributed by atoms with Crippen molar-refractivity contribution in [2.75, 3.05) is 0 Å². The normalized spacial score (nSPS) is 11.3. The van der Waals surface area contributed by atoms with Gasteiger partial charge in [0.1, 0.15) is 10.5 Å². The highest BCUT2D eigenvalue weighted by molar-refractivity contribution is 7.98. The lowest BCUT2D eigenvalue weighted by molar-refractivity contribution is 0.618. The molecule has 0 amide bonds. The predicted octanol–water partition coefficient (Wildman–Crippen LogP) is 7.67. The molecule has 0 fully saturated rings. The van der Waals surface area contributed by atoms with Crippen LogP contribution in [0.1, 0.15) is 16.7 Å². The maximum atomic E-state index is 14.8. The number of rotatable bonds is 5. The molecule has 0 N–H and O–H groups in total. The van der Waals surface area contributed by atoms with Crippen molar-refractivity contribution in [3.05, 3.63) is 109 Å². The molecule has 35 heavy (non-hydrogen) atoms. The van der Waals surface area contributed by atoms with Gasteiger partial charge in [-0.15, -0.1) is 0 Å². The molecule has 2 heterocycles. The van der Waals surface area contributed by atoms with Crippen LogP contribution in [0.25, 0.3) is 21.7 Å². The van der Waals surface area contributed by atoms with Crippen molar-refractivity contribution < 1.29 is 4.39 Å². The molecule has 5 aromatic rings. The number of hydrogen-bond donors (Lipinski definition) is 0. The lowest BCUT2D eigenvalue weighted by Gasteiger charge is -2.13. The maximum absolute atomic E-state index is 14.8. The summed E-state index contributed by atoms with van der Waals surface area (Å²) in [6.07, 6.45) is 0. The summed E-state index contributed by atoms with van der Waals surface area (Å²) >= 11 is 14.2. The van der Waals surface area contributed by atoms with Crippen LogP contribution in [-0.4, -0.2) is 14.1 Å². The van der Waals surface area contributed by atoms with Crippen molar-refractivity contribution in [2.45, 2.75) is 24.8 Å². The molecule has 5 rings (SSSR count). The van der Waals surface area contributed by atoms with Gasteiger partial charge < -0.3 is 0 Å². The molecule has 0 unspecified atom stereocenters. The largest absolute Gasteiger partial charge is 0.278 e. The summed E-state index contributed by atoms with van der Waals surface area (Å²) < 4.78 is 18.7. The molecule has 0 spiro atoms. The molecule has 2 aromatic heterocycles. The van der Waals surface area contributed by atoms with Crippen LogP contribution in [-0.2, 0) is 5.75 Å². The fourth-order valence-electron chi connectivity index (χ4n) is 3.69. The molecule has 0 aliphatic rings. The highest BCUT2D eigenvalue weighted by Crippen LogP contribution is 2.30.